The lowest BCUT2D eigenvalue weighted by molar-refractivity contribution is -0.0930. The maximum atomic E-state index is 5.99. The van der Waals surface area contributed by atoms with Gasteiger partial charge in [0.1, 0.15) is 0 Å². The summed E-state index contributed by atoms with van der Waals surface area (Å²) in [5, 5.41) is 3.50. The van der Waals surface area contributed by atoms with Gasteiger partial charge in [-0.3, -0.25) is 0 Å². The highest BCUT2D eigenvalue weighted by Crippen LogP contribution is 2.38. The highest BCUT2D eigenvalue weighted by molar-refractivity contribution is 4.91. The topological polar surface area (TPSA) is 21.3 Å². The average Bonchev–Trinajstić information content (AvgIpc) is 2.19. The normalized spacial score (nSPS) is 19.2. The van der Waals surface area contributed by atoms with Gasteiger partial charge < -0.3 is 10.1 Å². The number of hydrogen-bond acceptors (Lipinski definition) is 2. The van der Waals surface area contributed by atoms with Gasteiger partial charge in [-0.25, -0.2) is 0 Å². The summed E-state index contributed by atoms with van der Waals surface area (Å²) in [5.74, 6) is 0.737. The van der Waals surface area contributed by atoms with Crippen molar-refractivity contribution in [2.24, 2.45) is 5.92 Å². The summed E-state index contributed by atoms with van der Waals surface area (Å²) in [5.41, 5.74) is 0.198. The van der Waals surface area contributed by atoms with E-state index < -0.39 is 0 Å². The van der Waals surface area contributed by atoms with Crippen molar-refractivity contribution < 1.29 is 4.74 Å². The van der Waals surface area contributed by atoms with E-state index >= 15 is 0 Å². The second-order valence-electron chi connectivity index (χ2n) is 5.26. The Kier molecular flexibility index (Phi) is 6.07. The van der Waals surface area contributed by atoms with E-state index in [4.69, 9.17) is 4.74 Å². The predicted molar refractivity (Wildman–Crippen MR) is 69.7 cm³/mol. The number of hydrogen-bond donors (Lipinski definition) is 1. The molecule has 1 aliphatic carbocycles. The van der Waals surface area contributed by atoms with Gasteiger partial charge in [0, 0.05) is 0 Å². The Labute approximate surface area is 100 Å². The predicted octanol–water partition coefficient (Wildman–Crippen LogP) is 3.14. The molecular weight excluding hydrogens is 198 g/mol. The smallest absolute Gasteiger partial charge is 0.0699 e. The SMILES string of the molecule is C/C=C/COC1(CCNCC(C)C)CCC1. The molecule has 0 saturated heterocycles. The highest BCUT2D eigenvalue weighted by atomic mass is 16.5. The highest BCUT2D eigenvalue weighted by Gasteiger charge is 2.36. The molecule has 0 aromatic heterocycles. The molecule has 1 aliphatic rings. The summed E-state index contributed by atoms with van der Waals surface area (Å²) in [7, 11) is 0. The van der Waals surface area contributed by atoms with Crippen LogP contribution in [-0.4, -0.2) is 25.3 Å². The minimum absolute atomic E-state index is 0.198. The van der Waals surface area contributed by atoms with E-state index in [0.717, 1.165) is 32.0 Å². The molecule has 0 aromatic carbocycles. The fraction of sp³-hybridized carbons (Fsp3) is 0.857. The van der Waals surface area contributed by atoms with Gasteiger partial charge in [0.15, 0.2) is 0 Å². The van der Waals surface area contributed by atoms with Gasteiger partial charge in [-0.2, -0.15) is 0 Å². The zero-order valence-electron chi connectivity index (χ0n) is 11.1. The van der Waals surface area contributed by atoms with Crippen LogP contribution in [0, 0.1) is 5.92 Å². The van der Waals surface area contributed by atoms with Crippen molar-refractivity contribution in [1.82, 2.24) is 5.32 Å². The maximum Gasteiger partial charge on any atom is 0.0699 e. The monoisotopic (exact) mass is 225 g/mol. The summed E-state index contributed by atoms with van der Waals surface area (Å²) in [6.07, 6.45) is 9.14. The standard InChI is InChI=1S/C14H27NO/c1-4-5-11-16-14(7-6-8-14)9-10-15-12-13(2)3/h4-5,13,15H,6-12H2,1-3H3/b5-4+. The fourth-order valence-electron chi connectivity index (χ4n) is 2.07. The Bertz CT molecular complexity index is 207. The van der Waals surface area contributed by atoms with E-state index in [9.17, 15) is 0 Å². The van der Waals surface area contributed by atoms with Gasteiger partial charge in [0.25, 0.3) is 0 Å². The number of rotatable bonds is 8. The van der Waals surface area contributed by atoms with Crippen molar-refractivity contribution in [3.8, 4) is 0 Å². The third kappa shape index (κ3) is 4.67. The van der Waals surface area contributed by atoms with Gasteiger partial charge in [-0.15, -0.1) is 0 Å². The largest absolute Gasteiger partial charge is 0.371 e. The molecule has 1 N–H and O–H groups in total. The van der Waals surface area contributed by atoms with Gasteiger partial charge in [-0.05, 0) is 51.6 Å². The van der Waals surface area contributed by atoms with Crippen LogP contribution in [0.25, 0.3) is 0 Å². The first-order valence-corrected chi connectivity index (χ1v) is 6.64. The summed E-state index contributed by atoms with van der Waals surface area (Å²) < 4.78 is 5.99. The molecule has 1 rings (SSSR count). The van der Waals surface area contributed by atoms with Crippen molar-refractivity contribution in [3.05, 3.63) is 12.2 Å². The minimum Gasteiger partial charge on any atom is -0.371 e. The lowest BCUT2D eigenvalue weighted by Gasteiger charge is -2.41. The summed E-state index contributed by atoms with van der Waals surface area (Å²) in [6, 6.07) is 0. The van der Waals surface area contributed by atoms with Crippen LogP contribution in [-0.2, 0) is 4.74 Å². The second kappa shape index (κ2) is 7.08. The number of ether oxygens (including phenoxy) is 1. The molecule has 0 spiro atoms. The lowest BCUT2D eigenvalue weighted by Crippen LogP contribution is -2.43. The quantitative estimate of drug-likeness (QED) is 0.506. The second-order valence-corrected chi connectivity index (χ2v) is 5.26. The Balaban J connectivity index is 2.15. The van der Waals surface area contributed by atoms with E-state index in [0.29, 0.717) is 0 Å². The number of allylic oxidation sites excluding steroid dienone is 1. The first-order chi connectivity index (χ1) is 7.68. The maximum absolute atomic E-state index is 5.99. The Morgan fingerprint density at radius 2 is 2.12 bits per heavy atom. The van der Waals surface area contributed by atoms with Crippen LogP contribution in [0.5, 0.6) is 0 Å². The summed E-state index contributed by atoms with van der Waals surface area (Å²) in [6.45, 7) is 9.52. The van der Waals surface area contributed by atoms with Crippen molar-refractivity contribution in [3.63, 3.8) is 0 Å². The molecule has 0 atom stereocenters. The molecule has 0 amide bonds. The van der Waals surface area contributed by atoms with Crippen LogP contribution < -0.4 is 5.32 Å². The third-order valence-corrected chi connectivity index (χ3v) is 3.30. The van der Waals surface area contributed by atoms with Gasteiger partial charge in [0.05, 0.1) is 12.2 Å². The Hall–Kier alpha value is -0.340. The van der Waals surface area contributed by atoms with Crippen molar-refractivity contribution in [1.29, 1.82) is 0 Å². The van der Waals surface area contributed by atoms with E-state index in [-0.39, 0.29) is 5.60 Å². The average molecular weight is 225 g/mol. The van der Waals surface area contributed by atoms with Gasteiger partial charge in [-0.1, -0.05) is 26.0 Å². The van der Waals surface area contributed by atoms with E-state index in [1.165, 1.54) is 19.3 Å². The molecular formula is C14H27NO. The van der Waals surface area contributed by atoms with Crippen molar-refractivity contribution >= 4 is 0 Å². The van der Waals surface area contributed by atoms with Crippen LogP contribution in [0.2, 0.25) is 0 Å². The lowest BCUT2D eigenvalue weighted by atomic mass is 9.77. The summed E-state index contributed by atoms with van der Waals surface area (Å²) >= 11 is 0. The molecule has 94 valence electrons. The first kappa shape index (κ1) is 13.7. The minimum atomic E-state index is 0.198. The molecule has 16 heavy (non-hydrogen) atoms. The van der Waals surface area contributed by atoms with Crippen molar-refractivity contribution in [2.75, 3.05) is 19.7 Å². The molecule has 1 fully saturated rings. The first-order valence-electron chi connectivity index (χ1n) is 6.64. The zero-order valence-corrected chi connectivity index (χ0v) is 11.1. The van der Waals surface area contributed by atoms with Crippen LogP contribution in [0.15, 0.2) is 12.2 Å². The van der Waals surface area contributed by atoms with Gasteiger partial charge in [0.2, 0.25) is 0 Å². The Morgan fingerprint density at radius 3 is 2.62 bits per heavy atom. The molecule has 0 bridgehead atoms. The molecule has 1 saturated carbocycles. The Morgan fingerprint density at radius 1 is 1.38 bits per heavy atom. The zero-order chi connectivity index (χ0) is 11.9. The van der Waals surface area contributed by atoms with Crippen LogP contribution in [0.4, 0.5) is 0 Å². The third-order valence-electron chi connectivity index (χ3n) is 3.30. The van der Waals surface area contributed by atoms with E-state index in [1.807, 2.05) is 6.92 Å². The van der Waals surface area contributed by atoms with Gasteiger partial charge >= 0.3 is 0 Å². The van der Waals surface area contributed by atoms with E-state index in [2.05, 4.69) is 31.3 Å². The fourth-order valence-corrected chi connectivity index (χ4v) is 2.07. The van der Waals surface area contributed by atoms with E-state index in [1.54, 1.807) is 0 Å². The molecule has 0 radical (unpaired) electrons. The number of nitrogens with one attached hydrogen (secondary N) is 1. The van der Waals surface area contributed by atoms with Crippen LogP contribution in [0.1, 0.15) is 46.5 Å². The molecule has 0 aliphatic heterocycles. The van der Waals surface area contributed by atoms with Crippen LogP contribution >= 0.6 is 0 Å². The molecule has 0 aromatic rings. The molecule has 0 heterocycles. The van der Waals surface area contributed by atoms with Crippen LogP contribution in [0.3, 0.4) is 0 Å². The summed E-state index contributed by atoms with van der Waals surface area (Å²) in [4.78, 5) is 0. The molecule has 0 unspecified atom stereocenters. The molecule has 2 heteroatoms. The van der Waals surface area contributed by atoms with Crippen molar-refractivity contribution in [2.45, 2.75) is 52.1 Å². The molecule has 2 nitrogen and oxygen atoms in total.